The first-order valence-corrected chi connectivity index (χ1v) is 12.7. The molecule has 0 amide bonds. The van der Waals surface area contributed by atoms with Crippen LogP contribution in [0.3, 0.4) is 0 Å². The van der Waals surface area contributed by atoms with E-state index in [-0.39, 0.29) is 17.5 Å². The average Bonchev–Trinajstić information content (AvgIpc) is 3.04. The zero-order valence-corrected chi connectivity index (χ0v) is 21.0. The molecule has 2 saturated carbocycles. The topological polar surface area (TPSA) is 46.5 Å². The molecule has 2 fully saturated rings. The van der Waals surface area contributed by atoms with Gasteiger partial charge in [-0.15, -0.1) is 0 Å². The van der Waals surface area contributed by atoms with Gasteiger partial charge in [0.05, 0.1) is 6.10 Å². The lowest BCUT2D eigenvalue weighted by Gasteiger charge is -2.42. The van der Waals surface area contributed by atoms with E-state index in [1.165, 1.54) is 30.4 Å². The Bertz CT molecular complexity index is 807. The van der Waals surface area contributed by atoms with Crippen LogP contribution in [0.25, 0.3) is 0 Å². The maximum absolute atomic E-state index is 12.1. The second kappa shape index (κ2) is 10.1. The predicted molar refractivity (Wildman–Crippen MR) is 132 cm³/mol. The van der Waals surface area contributed by atoms with Gasteiger partial charge in [-0.05, 0) is 101 Å². The third-order valence-electron chi connectivity index (χ3n) is 7.77. The Hall–Kier alpha value is -1.61. The number of hydrogen-bond donors (Lipinski definition) is 1. The summed E-state index contributed by atoms with van der Waals surface area (Å²) in [5.74, 6) is 0.996. The van der Waals surface area contributed by atoms with Crippen molar-refractivity contribution in [2.45, 2.75) is 111 Å². The smallest absolute Gasteiger partial charge is 0.306 e. The summed E-state index contributed by atoms with van der Waals surface area (Å²) in [6.45, 7) is 14.8. The van der Waals surface area contributed by atoms with E-state index in [9.17, 15) is 9.90 Å². The Morgan fingerprint density at radius 3 is 2.81 bits per heavy atom. The second-order valence-corrected chi connectivity index (χ2v) is 11.5. The van der Waals surface area contributed by atoms with Gasteiger partial charge in [0.15, 0.2) is 0 Å². The number of rotatable bonds is 6. The number of ether oxygens (including phenoxy) is 1. The third-order valence-corrected chi connectivity index (χ3v) is 7.77. The Kier molecular flexibility index (Phi) is 7.91. The van der Waals surface area contributed by atoms with Crippen molar-refractivity contribution in [3.63, 3.8) is 0 Å². The van der Waals surface area contributed by atoms with Gasteiger partial charge in [0.1, 0.15) is 5.60 Å². The van der Waals surface area contributed by atoms with Gasteiger partial charge >= 0.3 is 5.97 Å². The summed E-state index contributed by atoms with van der Waals surface area (Å²) in [5.41, 5.74) is 5.41. The van der Waals surface area contributed by atoms with Gasteiger partial charge in [0.2, 0.25) is 0 Å². The zero-order valence-electron chi connectivity index (χ0n) is 21.0. The largest absolute Gasteiger partial charge is 0.460 e. The highest BCUT2D eigenvalue weighted by atomic mass is 16.6. The van der Waals surface area contributed by atoms with Gasteiger partial charge in [-0.2, -0.15) is 0 Å². The van der Waals surface area contributed by atoms with E-state index in [2.05, 4.69) is 38.7 Å². The number of hydrogen-bond acceptors (Lipinski definition) is 3. The van der Waals surface area contributed by atoms with E-state index in [1.807, 2.05) is 20.8 Å². The quantitative estimate of drug-likeness (QED) is 0.350. The molecule has 0 radical (unpaired) electrons. The molecule has 3 heteroatoms. The van der Waals surface area contributed by atoms with Crippen LogP contribution in [-0.2, 0) is 9.53 Å². The highest BCUT2D eigenvalue weighted by Crippen LogP contribution is 2.57. The van der Waals surface area contributed by atoms with Crippen LogP contribution in [0.15, 0.2) is 47.1 Å². The molecule has 3 rings (SSSR count). The molecule has 1 N–H and O–H groups in total. The molecule has 3 aliphatic rings. The van der Waals surface area contributed by atoms with Crippen molar-refractivity contribution in [2.75, 3.05) is 0 Å². The summed E-state index contributed by atoms with van der Waals surface area (Å²) >= 11 is 0. The van der Waals surface area contributed by atoms with Crippen molar-refractivity contribution >= 4 is 5.97 Å². The van der Waals surface area contributed by atoms with Crippen molar-refractivity contribution in [3.8, 4) is 0 Å². The lowest BCUT2D eigenvalue weighted by molar-refractivity contribution is -0.154. The van der Waals surface area contributed by atoms with Crippen molar-refractivity contribution in [1.29, 1.82) is 0 Å². The third kappa shape index (κ3) is 6.04. The maximum atomic E-state index is 12.1. The molecule has 0 aliphatic heterocycles. The molecule has 0 spiro atoms. The zero-order chi connectivity index (χ0) is 23.5. The molecule has 0 heterocycles. The van der Waals surface area contributed by atoms with Crippen LogP contribution < -0.4 is 0 Å². The number of carbonyl (C=O) groups excluding carboxylic acids is 1. The molecule has 178 valence electrons. The fourth-order valence-corrected chi connectivity index (χ4v) is 6.11. The van der Waals surface area contributed by atoms with Crippen LogP contribution in [0.4, 0.5) is 0 Å². The summed E-state index contributed by atoms with van der Waals surface area (Å²) in [6, 6.07) is 0. The Balaban J connectivity index is 1.62. The van der Waals surface area contributed by atoms with Crippen LogP contribution in [0.1, 0.15) is 98.8 Å². The van der Waals surface area contributed by atoms with E-state index in [4.69, 9.17) is 4.74 Å². The Morgan fingerprint density at radius 2 is 2.09 bits per heavy atom. The number of allylic oxidation sites excluding steroid dienone is 6. The Morgan fingerprint density at radius 1 is 1.34 bits per heavy atom. The Labute approximate surface area is 195 Å². The van der Waals surface area contributed by atoms with Crippen molar-refractivity contribution < 1.29 is 14.6 Å². The lowest BCUT2D eigenvalue weighted by Crippen LogP contribution is -2.32. The summed E-state index contributed by atoms with van der Waals surface area (Å²) in [4.78, 5) is 12.1. The maximum Gasteiger partial charge on any atom is 0.306 e. The highest BCUT2D eigenvalue weighted by Gasteiger charge is 2.45. The molecule has 3 aliphatic carbocycles. The van der Waals surface area contributed by atoms with Gasteiger partial charge in [-0.25, -0.2) is 0 Å². The number of carbonyl (C=O) groups is 1. The molecule has 0 aromatic rings. The SMILES string of the molecule is C=C1CC[C@@H](O)C/C1=C/C=C1\CCC[C@]2(C)C([C@@H](C)CCCC(=O)OC(C)(C)C)=CC[C@@H]12. The minimum absolute atomic E-state index is 0.0838. The fraction of sp³-hybridized carbons (Fsp3) is 0.690. The van der Waals surface area contributed by atoms with Crippen LogP contribution in [0.5, 0.6) is 0 Å². The van der Waals surface area contributed by atoms with E-state index >= 15 is 0 Å². The number of esters is 1. The summed E-state index contributed by atoms with van der Waals surface area (Å²) < 4.78 is 5.47. The van der Waals surface area contributed by atoms with Crippen LogP contribution in [0, 0.1) is 17.3 Å². The van der Waals surface area contributed by atoms with E-state index in [0.717, 1.165) is 38.5 Å². The van der Waals surface area contributed by atoms with Gasteiger partial charge in [0, 0.05) is 6.42 Å². The van der Waals surface area contributed by atoms with E-state index < -0.39 is 5.60 Å². The molecular weight excluding hydrogens is 396 g/mol. The van der Waals surface area contributed by atoms with Crippen molar-refractivity contribution in [3.05, 3.63) is 47.1 Å². The number of aliphatic hydroxyl groups is 1. The van der Waals surface area contributed by atoms with Crippen LogP contribution >= 0.6 is 0 Å². The van der Waals surface area contributed by atoms with Gasteiger partial charge in [-0.3, -0.25) is 4.79 Å². The minimum Gasteiger partial charge on any atom is -0.460 e. The molecule has 0 saturated heterocycles. The fourth-order valence-electron chi connectivity index (χ4n) is 6.11. The van der Waals surface area contributed by atoms with E-state index in [1.54, 1.807) is 11.1 Å². The van der Waals surface area contributed by atoms with Gasteiger partial charge < -0.3 is 9.84 Å². The molecule has 4 atom stereocenters. The van der Waals surface area contributed by atoms with Gasteiger partial charge in [0.25, 0.3) is 0 Å². The molecule has 0 aromatic heterocycles. The molecule has 0 aromatic carbocycles. The molecule has 32 heavy (non-hydrogen) atoms. The summed E-state index contributed by atoms with van der Waals surface area (Å²) in [5, 5.41) is 10.0. The summed E-state index contributed by atoms with van der Waals surface area (Å²) in [6.07, 6.45) is 16.6. The highest BCUT2D eigenvalue weighted by molar-refractivity contribution is 5.69. The second-order valence-electron chi connectivity index (χ2n) is 11.5. The van der Waals surface area contributed by atoms with E-state index in [0.29, 0.717) is 18.3 Å². The lowest BCUT2D eigenvalue weighted by atomic mass is 9.62. The first-order valence-electron chi connectivity index (χ1n) is 12.7. The molecular formula is C29H44O3. The molecule has 3 nitrogen and oxygen atoms in total. The average molecular weight is 441 g/mol. The number of aliphatic hydroxyl groups excluding tert-OH is 1. The monoisotopic (exact) mass is 440 g/mol. The minimum atomic E-state index is -0.403. The molecule has 0 bridgehead atoms. The van der Waals surface area contributed by atoms with Gasteiger partial charge in [-0.1, -0.05) is 55.4 Å². The first kappa shape index (κ1) is 25.0. The normalized spacial score (nSPS) is 32.1. The standard InChI is InChI=1S/C29H44O3/c1-20-12-15-24(30)19-23(20)14-13-22-10-8-18-29(6)25(16-17-26(22)29)21(2)9-7-11-27(31)32-28(3,4)5/h13-14,16,21,24,26,30H,1,7-12,15,17-19H2,2-6H3/b22-13+,23-14-/t21-,24+,26-,29+/m0/s1. The van der Waals surface area contributed by atoms with Crippen LogP contribution in [-0.4, -0.2) is 22.8 Å². The van der Waals surface area contributed by atoms with Crippen molar-refractivity contribution in [1.82, 2.24) is 0 Å². The van der Waals surface area contributed by atoms with Crippen molar-refractivity contribution in [2.24, 2.45) is 17.3 Å². The summed E-state index contributed by atoms with van der Waals surface area (Å²) in [7, 11) is 0. The number of fused-ring (bicyclic) bond motifs is 1. The molecule has 0 unspecified atom stereocenters. The van der Waals surface area contributed by atoms with Crippen LogP contribution in [0.2, 0.25) is 0 Å². The predicted octanol–water partition coefficient (Wildman–Crippen LogP) is 7.22. The first-order chi connectivity index (χ1) is 15.0.